The summed E-state index contributed by atoms with van der Waals surface area (Å²) in [5.74, 6) is 0. The molecule has 1 aliphatic rings. The van der Waals surface area contributed by atoms with Gasteiger partial charge in [-0.2, -0.15) is 0 Å². The van der Waals surface area contributed by atoms with Crippen LogP contribution in [0.4, 0.5) is 16.2 Å². The Morgan fingerprint density at radius 2 is 1.78 bits per heavy atom. The van der Waals surface area contributed by atoms with Crippen molar-refractivity contribution in [2.24, 2.45) is 0 Å². The van der Waals surface area contributed by atoms with Crippen LogP contribution in [0.25, 0.3) is 0 Å². The number of hydrogen-bond acceptors (Lipinski definition) is 6. The lowest BCUT2D eigenvalue weighted by Gasteiger charge is -2.22. The number of alkyl carbamates (subject to hydrolysis) is 1. The van der Waals surface area contributed by atoms with Gasteiger partial charge in [0, 0.05) is 18.2 Å². The van der Waals surface area contributed by atoms with E-state index in [1.54, 1.807) is 0 Å². The summed E-state index contributed by atoms with van der Waals surface area (Å²) in [7, 11) is 0. The van der Waals surface area contributed by atoms with Crippen LogP contribution in [0, 0.1) is 20.2 Å². The highest BCUT2D eigenvalue weighted by atomic mass is 16.6. The lowest BCUT2D eigenvalue weighted by atomic mass is 9.96. The van der Waals surface area contributed by atoms with E-state index in [-0.39, 0.29) is 12.6 Å². The standard InChI is InChI=1S/C14H17N3O6/c18-14(15-11-4-2-1-3-5-11)23-9-10-6-7-12(16(19)20)13(8-10)17(21)22/h6-8,11H,1-5,9H2,(H,15,18). The largest absolute Gasteiger partial charge is 0.445 e. The van der Waals surface area contributed by atoms with E-state index in [1.165, 1.54) is 12.5 Å². The molecule has 0 aliphatic heterocycles. The predicted molar refractivity (Wildman–Crippen MR) is 79.9 cm³/mol. The summed E-state index contributed by atoms with van der Waals surface area (Å²) in [6, 6.07) is 3.52. The van der Waals surface area contributed by atoms with Gasteiger partial charge in [0.2, 0.25) is 0 Å². The summed E-state index contributed by atoms with van der Waals surface area (Å²) in [5, 5.41) is 24.3. The fraction of sp³-hybridized carbons (Fsp3) is 0.500. The van der Waals surface area contributed by atoms with Gasteiger partial charge >= 0.3 is 17.5 Å². The van der Waals surface area contributed by atoms with Crippen molar-refractivity contribution >= 4 is 17.5 Å². The molecule has 1 aromatic rings. The van der Waals surface area contributed by atoms with Gasteiger partial charge in [0.15, 0.2) is 0 Å². The fourth-order valence-electron chi connectivity index (χ4n) is 2.56. The first kappa shape index (κ1) is 16.7. The molecule has 2 rings (SSSR count). The van der Waals surface area contributed by atoms with Gasteiger partial charge in [-0.15, -0.1) is 0 Å². The Balaban J connectivity index is 1.94. The second kappa shape index (κ2) is 7.52. The maximum absolute atomic E-state index is 11.7. The highest BCUT2D eigenvalue weighted by Crippen LogP contribution is 2.27. The number of rotatable bonds is 5. The molecule has 1 aromatic carbocycles. The van der Waals surface area contributed by atoms with Crippen LogP contribution >= 0.6 is 0 Å². The van der Waals surface area contributed by atoms with Crippen LogP contribution in [-0.2, 0) is 11.3 Å². The average Bonchev–Trinajstić information content (AvgIpc) is 2.53. The van der Waals surface area contributed by atoms with E-state index in [9.17, 15) is 25.0 Å². The normalized spacial score (nSPS) is 15.0. The van der Waals surface area contributed by atoms with Gasteiger partial charge in [0.1, 0.15) is 6.61 Å². The second-order valence-electron chi connectivity index (χ2n) is 5.39. The minimum atomic E-state index is -0.830. The monoisotopic (exact) mass is 323 g/mol. The van der Waals surface area contributed by atoms with Crippen molar-refractivity contribution < 1.29 is 19.4 Å². The van der Waals surface area contributed by atoms with Crippen LogP contribution < -0.4 is 5.32 Å². The van der Waals surface area contributed by atoms with E-state index in [4.69, 9.17) is 4.74 Å². The Labute approximate surface area is 131 Å². The molecule has 0 aromatic heterocycles. The summed E-state index contributed by atoms with van der Waals surface area (Å²) in [5.41, 5.74) is -0.893. The molecule has 124 valence electrons. The minimum Gasteiger partial charge on any atom is -0.445 e. The molecule has 0 atom stereocenters. The molecule has 1 N–H and O–H groups in total. The third-order valence-electron chi connectivity index (χ3n) is 3.73. The summed E-state index contributed by atoms with van der Waals surface area (Å²) >= 11 is 0. The van der Waals surface area contributed by atoms with Crippen LogP contribution in [0.2, 0.25) is 0 Å². The number of nitrogens with zero attached hydrogens (tertiary/aromatic N) is 2. The van der Waals surface area contributed by atoms with E-state index in [0.29, 0.717) is 5.56 Å². The summed E-state index contributed by atoms with van der Waals surface area (Å²) < 4.78 is 5.02. The van der Waals surface area contributed by atoms with Crippen molar-refractivity contribution in [2.75, 3.05) is 0 Å². The summed E-state index contributed by atoms with van der Waals surface area (Å²) in [6.45, 7) is -0.183. The molecule has 0 spiro atoms. The smallest absolute Gasteiger partial charge is 0.407 e. The Hall–Kier alpha value is -2.71. The van der Waals surface area contributed by atoms with Crippen molar-refractivity contribution in [1.29, 1.82) is 0 Å². The first-order chi connectivity index (χ1) is 11.0. The van der Waals surface area contributed by atoms with Crippen molar-refractivity contribution in [2.45, 2.75) is 44.8 Å². The Bertz CT molecular complexity index is 613. The average molecular weight is 323 g/mol. The minimum absolute atomic E-state index is 0.0995. The molecule has 1 aliphatic carbocycles. The molecular formula is C14H17N3O6. The number of benzene rings is 1. The summed E-state index contributed by atoms with van der Waals surface area (Å²) in [6.07, 6.45) is 4.55. The molecule has 0 saturated heterocycles. The quantitative estimate of drug-likeness (QED) is 0.655. The maximum atomic E-state index is 11.7. The van der Waals surface area contributed by atoms with Crippen molar-refractivity contribution in [3.63, 3.8) is 0 Å². The van der Waals surface area contributed by atoms with E-state index in [2.05, 4.69) is 5.32 Å². The molecule has 1 saturated carbocycles. The molecule has 9 heteroatoms. The topological polar surface area (TPSA) is 125 Å². The third kappa shape index (κ3) is 4.63. The zero-order valence-corrected chi connectivity index (χ0v) is 12.4. The van der Waals surface area contributed by atoms with E-state index in [0.717, 1.165) is 37.8 Å². The fourth-order valence-corrected chi connectivity index (χ4v) is 2.56. The van der Waals surface area contributed by atoms with E-state index < -0.39 is 27.3 Å². The number of ether oxygens (including phenoxy) is 1. The van der Waals surface area contributed by atoms with Crippen LogP contribution in [-0.4, -0.2) is 22.0 Å². The SMILES string of the molecule is O=C(NC1CCCCC1)OCc1ccc([N+](=O)[O-])c([N+](=O)[O-])c1. The number of hydrogen-bond donors (Lipinski definition) is 1. The molecule has 9 nitrogen and oxygen atoms in total. The van der Waals surface area contributed by atoms with Crippen molar-refractivity contribution in [3.8, 4) is 0 Å². The van der Waals surface area contributed by atoms with Crippen LogP contribution in [0.1, 0.15) is 37.7 Å². The first-order valence-corrected chi connectivity index (χ1v) is 7.32. The van der Waals surface area contributed by atoms with Gasteiger partial charge in [-0.1, -0.05) is 19.3 Å². The van der Waals surface area contributed by atoms with Gasteiger partial charge in [-0.3, -0.25) is 20.2 Å². The molecule has 0 unspecified atom stereocenters. The molecule has 1 amide bonds. The molecule has 0 heterocycles. The van der Waals surface area contributed by atoms with Crippen LogP contribution in [0.15, 0.2) is 18.2 Å². The number of nitro groups is 2. The molecule has 0 radical (unpaired) electrons. The zero-order valence-electron chi connectivity index (χ0n) is 12.4. The molecule has 0 bridgehead atoms. The maximum Gasteiger partial charge on any atom is 0.407 e. The highest BCUT2D eigenvalue weighted by Gasteiger charge is 2.24. The Morgan fingerprint density at radius 1 is 1.13 bits per heavy atom. The third-order valence-corrected chi connectivity index (χ3v) is 3.73. The van der Waals surface area contributed by atoms with Gasteiger partial charge in [0.25, 0.3) is 0 Å². The van der Waals surface area contributed by atoms with Gasteiger partial charge < -0.3 is 10.1 Å². The van der Waals surface area contributed by atoms with Crippen molar-refractivity contribution in [3.05, 3.63) is 44.0 Å². The van der Waals surface area contributed by atoms with Crippen LogP contribution in [0.3, 0.4) is 0 Å². The number of amides is 1. The molecule has 1 fully saturated rings. The summed E-state index contributed by atoms with van der Waals surface area (Å²) in [4.78, 5) is 31.6. The molecular weight excluding hydrogens is 306 g/mol. The number of nitro benzene ring substituents is 2. The zero-order chi connectivity index (χ0) is 16.8. The lowest BCUT2D eigenvalue weighted by molar-refractivity contribution is -0.422. The van der Waals surface area contributed by atoms with Crippen LogP contribution in [0.5, 0.6) is 0 Å². The number of carbonyl (C=O) groups excluding carboxylic acids is 1. The Kier molecular flexibility index (Phi) is 5.45. The Morgan fingerprint density at radius 3 is 2.39 bits per heavy atom. The predicted octanol–water partition coefficient (Wildman–Crippen LogP) is 3.06. The second-order valence-corrected chi connectivity index (χ2v) is 5.39. The number of nitrogens with one attached hydrogen (secondary N) is 1. The number of carbonyl (C=O) groups is 1. The van der Waals surface area contributed by atoms with Gasteiger partial charge in [0.05, 0.1) is 9.85 Å². The highest BCUT2D eigenvalue weighted by molar-refractivity contribution is 5.67. The van der Waals surface area contributed by atoms with Crippen molar-refractivity contribution in [1.82, 2.24) is 5.32 Å². The van der Waals surface area contributed by atoms with Gasteiger partial charge in [-0.25, -0.2) is 4.79 Å². The molecule has 23 heavy (non-hydrogen) atoms. The first-order valence-electron chi connectivity index (χ1n) is 7.32. The van der Waals surface area contributed by atoms with E-state index >= 15 is 0 Å². The lowest BCUT2D eigenvalue weighted by Crippen LogP contribution is -2.36. The van der Waals surface area contributed by atoms with Gasteiger partial charge in [-0.05, 0) is 24.5 Å². The van der Waals surface area contributed by atoms with E-state index in [1.807, 2.05) is 0 Å².